The first-order valence-corrected chi connectivity index (χ1v) is 9.16. The van der Waals surface area contributed by atoms with Crippen molar-refractivity contribution >= 4 is 16.0 Å². The quantitative estimate of drug-likeness (QED) is 0.794. The first-order chi connectivity index (χ1) is 11.6. The number of morpholine rings is 1. The molecular formula is C15H17N5O3S. The van der Waals surface area contributed by atoms with Gasteiger partial charge < -0.3 is 9.64 Å². The van der Waals surface area contributed by atoms with Crippen LogP contribution in [-0.4, -0.2) is 54.0 Å². The Labute approximate surface area is 140 Å². The second-order valence-corrected chi connectivity index (χ2v) is 7.64. The maximum atomic E-state index is 12.7. The number of hydrogen-bond donors (Lipinski definition) is 0. The molecule has 2 aromatic heterocycles. The number of sulfonamides is 1. The van der Waals surface area contributed by atoms with Gasteiger partial charge in [0.15, 0.2) is 0 Å². The van der Waals surface area contributed by atoms with Crippen molar-refractivity contribution in [2.75, 3.05) is 31.2 Å². The van der Waals surface area contributed by atoms with Gasteiger partial charge in [-0.15, -0.1) is 0 Å². The zero-order chi connectivity index (χ0) is 16.6. The lowest BCUT2D eigenvalue weighted by molar-refractivity contribution is 0.122. The van der Waals surface area contributed by atoms with E-state index in [1.165, 1.54) is 10.5 Å². The highest BCUT2D eigenvalue weighted by molar-refractivity contribution is 7.89. The summed E-state index contributed by atoms with van der Waals surface area (Å²) >= 11 is 0. The van der Waals surface area contributed by atoms with Crippen molar-refractivity contribution in [3.05, 3.63) is 42.0 Å². The van der Waals surface area contributed by atoms with Crippen molar-refractivity contribution in [1.82, 2.24) is 19.3 Å². The first kappa shape index (κ1) is 15.4. The molecule has 1 saturated heterocycles. The summed E-state index contributed by atoms with van der Waals surface area (Å²) in [6.07, 6.45) is 4.65. The molecule has 4 heterocycles. The molecule has 0 aromatic carbocycles. The average molecular weight is 347 g/mol. The van der Waals surface area contributed by atoms with E-state index in [1.54, 1.807) is 24.5 Å². The summed E-state index contributed by atoms with van der Waals surface area (Å²) in [5, 5.41) is 0. The van der Waals surface area contributed by atoms with Crippen molar-refractivity contribution in [3.8, 4) is 0 Å². The van der Waals surface area contributed by atoms with Gasteiger partial charge in [-0.05, 0) is 12.1 Å². The number of anilines is 1. The summed E-state index contributed by atoms with van der Waals surface area (Å²) < 4.78 is 32.1. The van der Waals surface area contributed by atoms with E-state index in [9.17, 15) is 8.42 Å². The minimum Gasteiger partial charge on any atom is -0.378 e. The van der Waals surface area contributed by atoms with E-state index < -0.39 is 10.0 Å². The van der Waals surface area contributed by atoms with E-state index >= 15 is 0 Å². The number of pyridine rings is 1. The number of fused-ring (bicyclic) bond motifs is 1. The van der Waals surface area contributed by atoms with E-state index in [1.807, 2.05) is 0 Å². The molecule has 2 aromatic rings. The second kappa shape index (κ2) is 6.08. The van der Waals surface area contributed by atoms with E-state index in [-0.39, 0.29) is 18.0 Å². The van der Waals surface area contributed by atoms with E-state index in [2.05, 4.69) is 19.9 Å². The Morgan fingerprint density at radius 2 is 1.96 bits per heavy atom. The maximum absolute atomic E-state index is 12.7. The third-order valence-corrected chi connectivity index (χ3v) is 5.96. The fourth-order valence-electron chi connectivity index (χ4n) is 2.85. The van der Waals surface area contributed by atoms with Crippen LogP contribution in [0.3, 0.4) is 0 Å². The van der Waals surface area contributed by atoms with Gasteiger partial charge in [-0.1, -0.05) is 0 Å². The molecule has 0 saturated carbocycles. The van der Waals surface area contributed by atoms with Crippen molar-refractivity contribution in [1.29, 1.82) is 0 Å². The van der Waals surface area contributed by atoms with Crippen LogP contribution in [0.5, 0.6) is 0 Å². The fourth-order valence-corrected chi connectivity index (χ4v) is 4.19. The Bertz CT molecular complexity index is 837. The molecule has 0 bridgehead atoms. The number of ether oxygens (including phenoxy) is 1. The highest BCUT2D eigenvalue weighted by Crippen LogP contribution is 2.28. The number of hydrogen-bond acceptors (Lipinski definition) is 7. The Balaban J connectivity index is 1.58. The highest BCUT2D eigenvalue weighted by Gasteiger charge is 2.32. The van der Waals surface area contributed by atoms with Crippen LogP contribution in [0, 0.1) is 0 Å². The van der Waals surface area contributed by atoms with Gasteiger partial charge in [0.1, 0.15) is 4.90 Å². The zero-order valence-corrected chi connectivity index (χ0v) is 13.8. The van der Waals surface area contributed by atoms with Gasteiger partial charge in [0.25, 0.3) is 0 Å². The van der Waals surface area contributed by atoms with Gasteiger partial charge >= 0.3 is 0 Å². The average Bonchev–Trinajstić information content (AvgIpc) is 3.07. The zero-order valence-electron chi connectivity index (χ0n) is 13.0. The lowest BCUT2D eigenvalue weighted by atomic mass is 10.3. The van der Waals surface area contributed by atoms with E-state index in [4.69, 9.17) is 4.74 Å². The molecular weight excluding hydrogens is 330 g/mol. The summed E-state index contributed by atoms with van der Waals surface area (Å²) in [5.41, 5.74) is 1.61. The Hall–Kier alpha value is -2.10. The van der Waals surface area contributed by atoms with Crippen LogP contribution in [0.4, 0.5) is 5.95 Å². The van der Waals surface area contributed by atoms with Gasteiger partial charge in [0.2, 0.25) is 16.0 Å². The number of aromatic nitrogens is 3. The second-order valence-electron chi connectivity index (χ2n) is 5.70. The summed E-state index contributed by atoms with van der Waals surface area (Å²) in [6, 6.07) is 3.17. The predicted octanol–water partition coefficient (Wildman–Crippen LogP) is 0.413. The molecule has 2 aliphatic heterocycles. The standard InChI is InChI=1S/C15H17N5O3S/c21-24(22,13-2-1-3-16-9-13)20-10-12-8-17-15(18-14(12)11-20)19-4-6-23-7-5-19/h1-3,8-9H,4-7,10-11H2. The number of nitrogens with zero attached hydrogens (tertiary/aromatic N) is 5. The van der Waals surface area contributed by atoms with Gasteiger partial charge in [-0.25, -0.2) is 18.4 Å². The molecule has 0 amide bonds. The van der Waals surface area contributed by atoms with Crippen LogP contribution in [0.25, 0.3) is 0 Å². The van der Waals surface area contributed by atoms with Crippen LogP contribution in [0.15, 0.2) is 35.6 Å². The molecule has 0 radical (unpaired) electrons. The fraction of sp³-hybridized carbons (Fsp3) is 0.400. The third-order valence-electron chi connectivity index (χ3n) is 4.18. The topological polar surface area (TPSA) is 88.5 Å². The van der Waals surface area contributed by atoms with Crippen molar-refractivity contribution < 1.29 is 13.2 Å². The Morgan fingerprint density at radius 3 is 2.71 bits per heavy atom. The van der Waals surface area contributed by atoms with E-state index in [0.29, 0.717) is 19.2 Å². The molecule has 9 heteroatoms. The van der Waals surface area contributed by atoms with Crippen LogP contribution in [-0.2, 0) is 27.8 Å². The summed E-state index contributed by atoms with van der Waals surface area (Å²) in [6.45, 7) is 3.35. The molecule has 4 rings (SSSR count). The SMILES string of the molecule is O=S(=O)(c1cccnc1)N1Cc2cnc(N3CCOCC3)nc2C1. The highest BCUT2D eigenvalue weighted by atomic mass is 32.2. The summed E-state index contributed by atoms with van der Waals surface area (Å²) in [5.74, 6) is 0.637. The smallest absolute Gasteiger partial charge is 0.245 e. The summed E-state index contributed by atoms with van der Waals surface area (Å²) in [7, 11) is -3.57. The molecule has 2 aliphatic rings. The van der Waals surface area contributed by atoms with E-state index in [0.717, 1.165) is 24.3 Å². The molecule has 0 N–H and O–H groups in total. The van der Waals surface area contributed by atoms with Crippen LogP contribution < -0.4 is 4.90 Å². The molecule has 0 spiro atoms. The van der Waals surface area contributed by atoms with Gasteiger partial charge in [-0.3, -0.25) is 4.98 Å². The molecule has 8 nitrogen and oxygen atoms in total. The molecule has 1 fully saturated rings. The molecule has 0 atom stereocenters. The largest absolute Gasteiger partial charge is 0.378 e. The first-order valence-electron chi connectivity index (χ1n) is 7.72. The third kappa shape index (κ3) is 2.74. The Kier molecular flexibility index (Phi) is 3.91. The van der Waals surface area contributed by atoms with Crippen molar-refractivity contribution in [2.24, 2.45) is 0 Å². The van der Waals surface area contributed by atoms with Crippen LogP contribution >= 0.6 is 0 Å². The van der Waals surface area contributed by atoms with Gasteiger partial charge in [-0.2, -0.15) is 4.31 Å². The molecule has 0 unspecified atom stereocenters. The maximum Gasteiger partial charge on any atom is 0.245 e. The molecule has 0 aliphatic carbocycles. The van der Waals surface area contributed by atoms with Crippen molar-refractivity contribution in [3.63, 3.8) is 0 Å². The minimum atomic E-state index is -3.57. The number of rotatable bonds is 3. The minimum absolute atomic E-state index is 0.194. The normalized spacial score (nSPS) is 18.6. The lowest BCUT2D eigenvalue weighted by Gasteiger charge is -2.26. The monoisotopic (exact) mass is 347 g/mol. The van der Waals surface area contributed by atoms with Gasteiger partial charge in [0.05, 0.1) is 25.5 Å². The van der Waals surface area contributed by atoms with Crippen LogP contribution in [0.2, 0.25) is 0 Å². The van der Waals surface area contributed by atoms with Crippen molar-refractivity contribution in [2.45, 2.75) is 18.0 Å². The lowest BCUT2D eigenvalue weighted by Crippen LogP contribution is -2.37. The molecule has 24 heavy (non-hydrogen) atoms. The van der Waals surface area contributed by atoms with Gasteiger partial charge in [0, 0.05) is 43.8 Å². The predicted molar refractivity (Wildman–Crippen MR) is 85.7 cm³/mol. The summed E-state index contributed by atoms with van der Waals surface area (Å²) in [4.78, 5) is 15.1. The molecule has 126 valence electrons. The Morgan fingerprint density at radius 1 is 1.12 bits per heavy atom. The van der Waals surface area contributed by atoms with Crippen LogP contribution in [0.1, 0.15) is 11.3 Å².